The fraction of sp³-hybridized carbons (Fsp3) is 1.00. The number of nitrogens with one attached hydrogen (secondary N) is 1. The van der Waals surface area contributed by atoms with Gasteiger partial charge in [0, 0.05) is 12.6 Å². The summed E-state index contributed by atoms with van der Waals surface area (Å²) in [5.41, 5.74) is 0.254. The van der Waals surface area contributed by atoms with Crippen LogP contribution >= 0.6 is 0 Å². The first kappa shape index (κ1) is 15.8. The smallest absolute Gasteiger partial charge is 0.0697 e. The lowest BCUT2D eigenvalue weighted by Crippen LogP contribution is -2.49. The molecule has 1 atom stereocenters. The van der Waals surface area contributed by atoms with Crippen molar-refractivity contribution < 1.29 is 4.74 Å². The van der Waals surface area contributed by atoms with E-state index in [1.807, 2.05) is 0 Å². The summed E-state index contributed by atoms with van der Waals surface area (Å²) in [5.74, 6) is 0.956. The molecule has 122 valence electrons. The second-order valence-electron chi connectivity index (χ2n) is 7.70. The lowest BCUT2D eigenvalue weighted by atomic mass is 9.78. The van der Waals surface area contributed by atoms with Crippen molar-refractivity contribution in [2.75, 3.05) is 33.3 Å². The summed E-state index contributed by atoms with van der Waals surface area (Å²) in [7, 11) is 2.35. The van der Waals surface area contributed by atoms with Crippen LogP contribution in [0.3, 0.4) is 0 Å². The molecule has 3 nitrogen and oxygen atoms in total. The van der Waals surface area contributed by atoms with Gasteiger partial charge < -0.3 is 15.0 Å². The van der Waals surface area contributed by atoms with E-state index >= 15 is 0 Å². The van der Waals surface area contributed by atoms with Gasteiger partial charge in [-0.1, -0.05) is 19.3 Å². The minimum absolute atomic E-state index is 0.254. The highest BCUT2D eigenvalue weighted by Crippen LogP contribution is 2.39. The predicted molar refractivity (Wildman–Crippen MR) is 87.6 cm³/mol. The van der Waals surface area contributed by atoms with Crippen LogP contribution in [0.25, 0.3) is 0 Å². The molecule has 1 aliphatic carbocycles. The van der Waals surface area contributed by atoms with Crippen LogP contribution in [0.2, 0.25) is 0 Å². The molecule has 3 heteroatoms. The number of rotatable bonds is 4. The molecule has 3 aliphatic rings. The van der Waals surface area contributed by atoms with Crippen molar-refractivity contribution in [1.29, 1.82) is 0 Å². The number of piperidine rings is 1. The third-order valence-electron chi connectivity index (χ3n) is 6.20. The summed E-state index contributed by atoms with van der Waals surface area (Å²) in [6.07, 6.45) is 13.5. The topological polar surface area (TPSA) is 24.5 Å². The quantitative estimate of drug-likeness (QED) is 0.862. The van der Waals surface area contributed by atoms with Crippen LogP contribution in [-0.4, -0.2) is 49.8 Å². The molecule has 1 saturated carbocycles. The maximum Gasteiger partial charge on any atom is 0.0697 e. The van der Waals surface area contributed by atoms with Crippen molar-refractivity contribution in [3.8, 4) is 0 Å². The summed E-state index contributed by atoms with van der Waals surface area (Å²) in [4.78, 5) is 2.65. The van der Waals surface area contributed by atoms with E-state index < -0.39 is 0 Å². The highest BCUT2D eigenvalue weighted by Gasteiger charge is 2.39. The normalized spacial score (nSPS) is 30.9. The summed E-state index contributed by atoms with van der Waals surface area (Å²) < 4.78 is 6.25. The first-order chi connectivity index (χ1) is 10.3. The number of nitrogens with zero attached hydrogens (tertiary/aromatic N) is 1. The zero-order valence-electron chi connectivity index (χ0n) is 13.9. The van der Waals surface area contributed by atoms with E-state index in [0.29, 0.717) is 0 Å². The first-order valence-electron chi connectivity index (χ1n) is 9.32. The summed E-state index contributed by atoms with van der Waals surface area (Å²) in [6, 6.07) is 0.763. The molecule has 0 amide bonds. The van der Waals surface area contributed by atoms with Crippen molar-refractivity contribution >= 4 is 0 Å². The van der Waals surface area contributed by atoms with Crippen LogP contribution in [0.15, 0.2) is 0 Å². The molecule has 0 radical (unpaired) electrons. The van der Waals surface area contributed by atoms with E-state index in [4.69, 9.17) is 4.74 Å². The van der Waals surface area contributed by atoms with Gasteiger partial charge in [0.15, 0.2) is 0 Å². The first-order valence-corrected chi connectivity index (χ1v) is 9.32. The molecule has 2 aliphatic heterocycles. The Bertz CT molecular complexity index is 303. The van der Waals surface area contributed by atoms with E-state index in [1.54, 1.807) is 0 Å². The second-order valence-corrected chi connectivity index (χ2v) is 7.70. The minimum atomic E-state index is 0.254. The highest BCUT2D eigenvalue weighted by molar-refractivity contribution is 4.92. The SMILES string of the molecule is CN(CCC1CCNCC1)C1CCOC2(CCCCC2)C1. The highest BCUT2D eigenvalue weighted by atomic mass is 16.5. The van der Waals surface area contributed by atoms with Crippen molar-refractivity contribution in [3.05, 3.63) is 0 Å². The molecular weight excluding hydrogens is 260 g/mol. The molecule has 0 aromatic carbocycles. The average molecular weight is 294 g/mol. The van der Waals surface area contributed by atoms with Gasteiger partial charge in [0.2, 0.25) is 0 Å². The van der Waals surface area contributed by atoms with Gasteiger partial charge in [-0.25, -0.2) is 0 Å². The van der Waals surface area contributed by atoms with Gasteiger partial charge in [0.05, 0.1) is 5.60 Å². The van der Waals surface area contributed by atoms with Crippen molar-refractivity contribution in [1.82, 2.24) is 10.2 Å². The van der Waals surface area contributed by atoms with Gasteiger partial charge in [-0.05, 0) is 77.5 Å². The Hall–Kier alpha value is -0.120. The van der Waals surface area contributed by atoms with E-state index in [9.17, 15) is 0 Å². The number of ether oxygens (including phenoxy) is 1. The molecule has 3 fully saturated rings. The second kappa shape index (κ2) is 7.43. The Morgan fingerprint density at radius 1 is 1.10 bits per heavy atom. The zero-order chi connectivity index (χ0) is 14.5. The van der Waals surface area contributed by atoms with Gasteiger partial charge >= 0.3 is 0 Å². The fourth-order valence-electron chi connectivity index (χ4n) is 4.66. The van der Waals surface area contributed by atoms with Crippen LogP contribution in [0.1, 0.15) is 64.2 Å². The van der Waals surface area contributed by atoms with Crippen LogP contribution in [0.4, 0.5) is 0 Å². The van der Waals surface area contributed by atoms with Gasteiger partial charge in [-0.2, -0.15) is 0 Å². The van der Waals surface area contributed by atoms with Crippen LogP contribution < -0.4 is 5.32 Å². The molecule has 3 rings (SSSR count). The van der Waals surface area contributed by atoms with E-state index in [2.05, 4.69) is 17.3 Å². The monoisotopic (exact) mass is 294 g/mol. The Kier molecular flexibility index (Phi) is 5.58. The van der Waals surface area contributed by atoms with Crippen molar-refractivity contribution in [3.63, 3.8) is 0 Å². The molecule has 2 heterocycles. The maximum atomic E-state index is 6.25. The lowest BCUT2D eigenvalue weighted by Gasteiger charge is -2.46. The van der Waals surface area contributed by atoms with Crippen LogP contribution in [0, 0.1) is 5.92 Å². The third kappa shape index (κ3) is 4.20. The fourth-order valence-corrected chi connectivity index (χ4v) is 4.66. The Morgan fingerprint density at radius 2 is 1.86 bits per heavy atom. The molecule has 0 aromatic rings. The molecule has 1 unspecified atom stereocenters. The maximum absolute atomic E-state index is 6.25. The molecule has 0 aromatic heterocycles. The molecular formula is C18H34N2O. The molecule has 21 heavy (non-hydrogen) atoms. The third-order valence-corrected chi connectivity index (χ3v) is 6.20. The number of hydrogen-bond acceptors (Lipinski definition) is 3. The average Bonchev–Trinajstić information content (AvgIpc) is 2.54. The summed E-state index contributed by atoms with van der Waals surface area (Å²) >= 11 is 0. The van der Waals surface area contributed by atoms with Crippen LogP contribution in [0.5, 0.6) is 0 Å². The summed E-state index contributed by atoms with van der Waals surface area (Å²) in [6.45, 7) is 4.73. The van der Waals surface area contributed by atoms with E-state index in [0.717, 1.165) is 18.6 Å². The Morgan fingerprint density at radius 3 is 2.62 bits per heavy atom. The molecule has 1 N–H and O–H groups in total. The van der Waals surface area contributed by atoms with Gasteiger partial charge in [-0.3, -0.25) is 0 Å². The molecule has 0 bridgehead atoms. The zero-order valence-corrected chi connectivity index (χ0v) is 13.9. The van der Waals surface area contributed by atoms with Crippen molar-refractivity contribution in [2.24, 2.45) is 5.92 Å². The standard InChI is InChI=1S/C18H34N2O/c1-20(13-7-16-5-11-19-12-6-16)17-8-14-21-18(15-17)9-3-2-4-10-18/h16-17,19H,2-15H2,1H3. The van der Waals surface area contributed by atoms with Gasteiger partial charge in [0.1, 0.15) is 0 Å². The minimum Gasteiger partial charge on any atom is -0.375 e. The molecule has 2 saturated heterocycles. The van der Waals surface area contributed by atoms with Gasteiger partial charge in [-0.15, -0.1) is 0 Å². The van der Waals surface area contributed by atoms with E-state index in [1.165, 1.54) is 83.8 Å². The van der Waals surface area contributed by atoms with Gasteiger partial charge in [0.25, 0.3) is 0 Å². The molecule has 1 spiro atoms. The largest absolute Gasteiger partial charge is 0.375 e. The lowest BCUT2D eigenvalue weighted by molar-refractivity contribution is -0.122. The number of hydrogen-bond donors (Lipinski definition) is 1. The van der Waals surface area contributed by atoms with E-state index in [-0.39, 0.29) is 5.60 Å². The Labute approximate surface area is 130 Å². The Balaban J connectivity index is 1.46. The predicted octanol–water partition coefficient (Wildman–Crippen LogP) is 3.19. The van der Waals surface area contributed by atoms with Crippen molar-refractivity contribution in [2.45, 2.75) is 75.9 Å². The van der Waals surface area contributed by atoms with Crippen LogP contribution in [-0.2, 0) is 4.74 Å². The summed E-state index contributed by atoms with van der Waals surface area (Å²) in [5, 5.41) is 3.47.